The Labute approximate surface area is 128 Å². The first-order valence-electron chi connectivity index (χ1n) is 5.86. The topological polar surface area (TPSA) is 71.2 Å². The van der Waals surface area contributed by atoms with Crippen LogP contribution < -0.4 is 5.32 Å². The highest BCUT2D eigenvalue weighted by Gasteiger charge is 2.08. The Kier molecular flexibility index (Phi) is 3.55. The molecule has 0 saturated heterocycles. The molecule has 0 fully saturated rings. The molecule has 0 atom stereocenters. The van der Waals surface area contributed by atoms with Gasteiger partial charge in [0.05, 0.1) is 0 Å². The summed E-state index contributed by atoms with van der Waals surface area (Å²) in [5.74, 6) is 0.670. The van der Waals surface area contributed by atoms with Gasteiger partial charge in [-0.1, -0.05) is 5.10 Å². The van der Waals surface area contributed by atoms with Crippen LogP contribution in [0.15, 0.2) is 52.9 Å². The number of aromatic nitrogens is 2. The van der Waals surface area contributed by atoms with Crippen molar-refractivity contribution in [2.75, 3.05) is 5.32 Å². The van der Waals surface area contributed by atoms with Crippen LogP contribution in [0.2, 0.25) is 0 Å². The first kappa shape index (κ1) is 12.9. The van der Waals surface area contributed by atoms with Gasteiger partial charge in [-0.2, -0.15) is 0 Å². The standard InChI is InChI=1S/C14H10IN3O2/c15-10-3-1-9(2-4-10)13-17-18-14(20-13)16-11-5-7-12(19)8-6-11/h1-8,19H,(H,16,18). The van der Waals surface area contributed by atoms with Gasteiger partial charge in [-0.25, -0.2) is 0 Å². The summed E-state index contributed by atoms with van der Waals surface area (Å²) in [7, 11) is 0. The van der Waals surface area contributed by atoms with Crippen molar-refractivity contribution in [3.63, 3.8) is 0 Å². The third-order valence-electron chi connectivity index (χ3n) is 2.63. The Morgan fingerprint density at radius 3 is 2.35 bits per heavy atom. The normalized spacial score (nSPS) is 10.4. The number of hydrogen-bond donors (Lipinski definition) is 2. The van der Waals surface area contributed by atoms with Crippen LogP contribution in [-0.4, -0.2) is 15.3 Å². The van der Waals surface area contributed by atoms with E-state index in [4.69, 9.17) is 4.42 Å². The van der Waals surface area contributed by atoms with Gasteiger partial charge in [-0.3, -0.25) is 0 Å². The summed E-state index contributed by atoms with van der Waals surface area (Å²) in [5.41, 5.74) is 1.64. The van der Waals surface area contributed by atoms with E-state index in [2.05, 4.69) is 38.1 Å². The number of hydrogen-bond acceptors (Lipinski definition) is 5. The number of rotatable bonds is 3. The summed E-state index contributed by atoms with van der Waals surface area (Å²) in [6.45, 7) is 0. The van der Waals surface area contributed by atoms with Crippen molar-refractivity contribution in [2.45, 2.75) is 0 Å². The van der Waals surface area contributed by atoms with Gasteiger partial charge in [0.1, 0.15) is 5.75 Å². The summed E-state index contributed by atoms with van der Waals surface area (Å²) >= 11 is 2.24. The Balaban J connectivity index is 1.80. The number of benzene rings is 2. The lowest BCUT2D eigenvalue weighted by Crippen LogP contribution is -1.89. The number of nitrogens with one attached hydrogen (secondary N) is 1. The molecular weight excluding hydrogens is 369 g/mol. The highest BCUT2D eigenvalue weighted by atomic mass is 127. The van der Waals surface area contributed by atoms with E-state index in [9.17, 15) is 5.11 Å². The highest BCUT2D eigenvalue weighted by molar-refractivity contribution is 14.1. The van der Waals surface area contributed by atoms with Gasteiger partial charge in [0.2, 0.25) is 5.89 Å². The van der Waals surface area contributed by atoms with Gasteiger partial charge in [0.25, 0.3) is 0 Å². The molecule has 0 radical (unpaired) electrons. The van der Waals surface area contributed by atoms with E-state index in [1.54, 1.807) is 24.3 Å². The third-order valence-corrected chi connectivity index (χ3v) is 3.35. The van der Waals surface area contributed by atoms with Crippen molar-refractivity contribution in [2.24, 2.45) is 0 Å². The largest absolute Gasteiger partial charge is 0.508 e. The fourth-order valence-corrected chi connectivity index (χ4v) is 2.01. The van der Waals surface area contributed by atoms with Crippen LogP contribution in [-0.2, 0) is 0 Å². The van der Waals surface area contributed by atoms with Crippen LogP contribution in [0.5, 0.6) is 5.75 Å². The first-order valence-corrected chi connectivity index (χ1v) is 6.94. The molecule has 0 spiro atoms. The summed E-state index contributed by atoms with van der Waals surface area (Å²) in [4.78, 5) is 0. The number of aromatic hydroxyl groups is 1. The lowest BCUT2D eigenvalue weighted by atomic mass is 10.2. The zero-order chi connectivity index (χ0) is 13.9. The van der Waals surface area contributed by atoms with Crippen LogP contribution in [0.3, 0.4) is 0 Å². The molecule has 6 heteroatoms. The van der Waals surface area contributed by atoms with Crippen molar-refractivity contribution in [1.82, 2.24) is 10.2 Å². The van der Waals surface area contributed by atoms with Crippen LogP contribution >= 0.6 is 22.6 Å². The van der Waals surface area contributed by atoms with Crippen molar-refractivity contribution < 1.29 is 9.52 Å². The summed E-state index contributed by atoms with van der Waals surface area (Å²) in [6, 6.07) is 14.7. The Morgan fingerprint density at radius 2 is 1.65 bits per heavy atom. The van der Waals surface area contributed by atoms with Gasteiger partial charge in [-0.05, 0) is 71.1 Å². The minimum atomic E-state index is 0.209. The second-order valence-corrected chi connectivity index (χ2v) is 5.34. The molecule has 0 saturated carbocycles. The number of anilines is 2. The zero-order valence-corrected chi connectivity index (χ0v) is 12.4. The van der Waals surface area contributed by atoms with Crippen LogP contribution in [0, 0.1) is 3.57 Å². The monoisotopic (exact) mass is 379 g/mol. The molecule has 2 aromatic carbocycles. The lowest BCUT2D eigenvalue weighted by molar-refractivity contribution is 0.475. The molecule has 1 heterocycles. The lowest BCUT2D eigenvalue weighted by Gasteiger charge is -2.00. The quantitative estimate of drug-likeness (QED) is 0.535. The van der Waals surface area contributed by atoms with E-state index in [0.29, 0.717) is 11.9 Å². The molecule has 0 unspecified atom stereocenters. The molecule has 0 aliphatic carbocycles. The SMILES string of the molecule is Oc1ccc(Nc2nnc(-c3ccc(I)cc3)o2)cc1. The maximum atomic E-state index is 9.22. The number of nitrogens with zero attached hydrogens (tertiary/aromatic N) is 2. The summed E-state index contributed by atoms with van der Waals surface area (Å²) < 4.78 is 6.69. The van der Waals surface area contributed by atoms with Crippen molar-refractivity contribution in [3.05, 3.63) is 52.1 Å². The van der Waals surface area contributed by atoms with E-state index >= 15 is 0 Å². The molecular formula is C14H10IN3O2. The van der Waals surface area contributed by atoms with E-state index < -0.39 is 0 Å². The average Bonchev–Trinajstić information content (AvgIpc) is 2.91. The van der Waals surface area contributed by atoms with Crippen molar-refractivity contribution in [1.29, 1.82) is 0 Å². The predicted octanol–water partition coefficient (Wildman–Crippen LogP) is 3.79. The third kappa shape index (κ3) is 2.90. The molecule has 2 N–H and O–H groups in total. The molecule has 0 amide bonds. The molecule has 3 aromatic rings. The van der Waals surface area contributed by atoms with E-state index in [-0.39, 0.29) is 5.75 Å². The average molecular weight is 379 g/mol. The fourth-order valence-electron chi connectivity index (χ4n) is 1.65. The first-order chi connectivity index (χ1) is 9.70. The summed E-state index contributed by atoms with van der Waals surface area (Å²) in [6.07, 6.45) is 0. The van der Waals surface area contributed by atoms with Crippen LogP contribution in [0.1, 0.15) is 0 Å². The second-order valence-electron chi connectivity index (χ2n) is 4.09. The minimum Gasteiger partial charge on any atom is -0.508 e. The molecule has 20 heavy (non-hydrogen) atoms. The molecule has 100 valence electrons. The van der Waals surface area contributed by atoms with Crippen LogP contribution in [0.25, 0.3) is 11.5 Å². The predicted molar refractivity (Wildman–Crippen MR) is 83.8 cm³/mol. The Hall–Kier alpha value is -2.09. The van der Waals surface area contributed by atoms with Crippen molar-refractivity contribution in [3.8, 4) is 17.2 Å². The molecule has 0 aliphatic rings. The molecule has 3 rings (SSSR count). The maximum absolute atomic E-state index is 9.22. The van der Waals surface area contributed by atoms with E-state index in [1.807, 2.05) is 24.3 Å². The minimum absolute atomic E-state index is 0.209. The van der Waals surface area contributed by atoms with Gasteiger partial charge in [0.15, 0.2) is 0 Å². The van der Waals surface area contributed by atoms with Gasteiger partial charge in [-0.15, -0.1) is 5.10 Å². The molecule has 0 aliphatic heterocycles. The Morgan fingerprint density at radius 1 is 0.950 bits per heavy atom. The smallest absolute Gasteiger partial charge is 0.320 e. The second kappa shape index (κ2) is 5.49. The Bertz CT molecular complexity index is 708. The van der Waals surface area contributed by atoms with Gasteiger partial charge >= 0.3 is 6.01 Å². The van der Waals surface area contributed by atoms with Crippen LogP contribution in [0.4, 0.5) is 11.7 Å². The van der Waals surface area contributed by atoms with Gasteiger partial charge < -0.3 is 14.8 Å². The molecule has 5 nitrogen and oxygen atoms in total. The molecule has 1 aromatic heterocycles. The van der Waals surface area contributed by atoms with Crippen molar-refractivity contribution >= 4 is 34.3 Å². The van der Waals surface area contributed by atoms with E-state index in [1.165, 1.54) is 0 Å². The maximum Gasteiger partial charge on any atom is 0.320 e. The summed E-state index contributed by atoms with van der Waals surface area (Å²) in [5, 5.41) is 20.1. The van der Waals surface area contributed by atoms with E-state index in [0.717, 1.165) is 14.8 Å². The molecule has 0 bridgehead atoms. The number of phenolic OH excluding ortho intramolecular Hbond substituents is 1. The van der Waals surface area contributed by atoms with Gasteiger partial charge in [0, 0.05) is 14.8 Å². The zero-order valence-electron chi connectivity index (χ0n) is 10.2. The number of phenols is 1. The highest BCUT2D eigenvalue weighted by Crippen LogP contribution is 2.23. The number of halogens is 1. The fraction of sp³-hybridized carbons (Fsp3) is 0.